The van der Waals surface area contributed by atoms with E-state index in [2.05, 4.69) is 10.6 Å². The second-order valence-electron chi connectivity index (χ2n) is 5.59. The first-order valence-corrected chi connectivity index (χ1v) is 6.83. The SMILES string of the molecule is CC(NC(=O)NCC(C)(O)C(=O)O)C1CCCCC1. The minimum absolute atomic E-state index is 0.0649. The van der Waals surface area contributed by atoms with Crippen LogP contribution in [-0.2, 0) is 4.79 Å². The highest BCUT2D eigenvalue weighted by atomic mass is 16.4. The zero-order valence-corrected chi connectivity index (χ0v) is 11.6. The van der Waals surface area contributed by atoms with E-state index in [1.165, 1.54) is 19.3 Å². The van der Waals surface area contributed by atoms with E-state index in [4.69, 9.17) is 5.11 Å². The van der Waals surface area contributed by atoms with Crippen LogP contribution in [0.15, 0.2) is 0 Å². The van der Waals surface area contributed by atoms with Gasteiger partial charge in [0.2, 0.25) is 0 Å². The summed E-state index contributed by atoms with van der Waals surface area (Å²) in [7, 11) is 0. The van der Waals surface area contributed by atoms with E-state index in [1.807, 2.05) is 6.92 Å². The molecule has 0 heterocycles. The third kappa shape index (κ3) is 5.06. The van der Waals surface area contributed by atoms with E-state index in [0.29, 0.717) is 5.92 Å². The molecule has 0 bridgehead atoms. The number of urea groups is 1. The van der Waals surface area contributed by atoms with Gasteiger partial charge in [-0.15, -0.1) is 0 Å². The lowest BCUT2D eigenvalue weighted by Crippen LogP contribution is -2.51. The summed E-state index contributed by atoms with van der Waals surface area (Å²) in [4.78, 5) is 22.3. The Morgan fingerprint density at radius 3 is 2.42 bits per heavy atom. The lowest BCUT2D eigenvalue weighted by atomic mass is 9.85. The van der Waals surface area contributed by atoms with Gasteiger partial charge >= 0.3 is 12.0 Å². The van der Waals surface area contributed by atoms with E-state index in [0.717, 1.165) is 19.8 Å². The maximum atomic E-state index is 11.6. The first kappa shape index (κ1) is 15.8. The van der Waals surface area contributed by atoms with Gasteiger partial charge in [0.1, 0.15) is 0 Å². The Labute approximate surface area is 113 Å². The van der Waals surface area contributed by atoms with Crippen molar-refractivity contribution in [2.24, 2.45) is 5.92 Å². The Kier molecular flexibility index (Phi) is 5.60. The average Bonchev–Trinajstić information content (AvgIpc) is 2.37. The number of carboxylic acids is 1. The standard InChI is InChI=1S/C13H24N2O4/c1-9(10-6-4-3-5-7-10)15-12(18)14-8-13(2,19)11(16)17/h9-10,19H,3-8H2,1-2H3,(H,16,17)(H2,14,15,18). The maximum absolute atomic E-state index is 11.6. The third-order valence-corrected chi connectivity index (χ3v) is 3.77. The summed E-state index contributed by atoms with van der Waals surface area (Å²) in [5, 5.41) is 23.4. The normalized spacial score (nSPS) is 21.2. The molecular formula is C13H24N2O4. The number of carbonyl (C=O) groups is 2. The lowest BCUT2D eigenvalue weighted by molar-refractivity contribution is -0.155. The molecule has 0 aromatic rings. The number of carboxylic acid groups (broad SMARTS) is 1. The van der Waals surface area contributed by atoms with Crippen molar-refractivity contribution >= 4 is 12.0 Å². The maximum Gasteiger partial charge on any atom is 0.337 e. The van der Waals surface area contributed by atoms with Crippen LogP contribution in [0.1, 0.15) is 46.0 Å². The number of carbonyl (C=O) groups excluding carboxylic acids is 1. The molecule has 6 nitrogen and oxygen atoms in total. The number of amides is 2. The predicted octanol–water partition coefficient (Wildman–Crippen LogP) is 1.09. The second-order valence-corrected chi connectivity index (χ2v) is 5.59. The van der Waals surface area contributed by atoms with E-state index in [9.17, 15) is 14.7 Å². The molecule has 0 aromatic heterocycles. The molecule has 6 heteroatoms. The quantitative estimate of drug-likeness (QED) is 0.602. The third-order valence-electron chi connectivity index (χ3n) is 3.77. The Hall–Kier alpha value is -1.30. The van der Waals surface area contributed by atoms with Crippen molar-refractivity contribution in [1.82, 2.24) is 10.6 Å². The van der Waals surface area contributed by atoms with E-state index in [1.54, 1.807) is 0 Å². The van der Waals surface area contributed by atoms with Crippen LogP contribution < -0.4 is 10.6 Å². The van der Waals surface area contributed by atoms with Crippen molar-refractivity contribution in [2.45, 2.75) is 57.6 Å². The van der Waals surface area contributed by atoms with Crippen LogP contribution >= 0.6 is 0 Å². The van der Waals surface area contributed by atoms with Crippen LogP contribution in [0.5, 0.6) is 0 Å². The Balaban J connectivity index is 2.32. The van der Waals surface area contributed by atoms with Crippen molar-refractivity contribution in [3.63, 3.8) is 0 Å². The summed E-state index contributed by atoms with van der Waals surface area (Å²) >= 11 is 0. The molecule has 1 saturated carbocycles. The molecule has 1 aliphatic rings. The molecule has 2 atom stereocenters. The molecule has 0 spiro atoms. The topological polar surface area (TPSA) is 98.7 Å². The number of rotatable bonds is 5. The molecule has 0 radical (unpaired) electrons. The summed E-state index contributed by atoms with van der Waals surface area (Å²) in [5.41, 5.74) is -1.94. The number of aliphatic hydroxyl groups is 1. The smallest absolute Gasteiger partial charge is 0.337 e. The Bertz CT molecular complexity index is 325. The van der Waals surface area contributed by atoms with Gasteiger partial charge in [0.05, 0.1) is 6.54 Å². The Morgan fingerprint density at radius 1 is 1.32 bits per heavy atom. The fraction of sp³-hybridized carbons (Fsp3) is 0.846. The van der Waals surface area contributed by atoms with Crippen molar-refractivity contribution in [2.75, 3.05) is 6.54 Å². The van der Waals surface area contributed by atoms with Crippen LogP contribution in [0, 0.1) is 5.92 Å². The number of nitrogens with one attached hydrogen (secondary N) is 2. The summed E-state index contributed by atoms with van der Waals surface area (Å²) in [5.74, 6) is -0.868. The molecule has 19 heavy (non-hydrogen) atoms. The molecule has 0 aromatic carbocycles. The van der Waals surface area contributed by atoms with Gasteiger partial charge in [0.15, 0.2) is 5.60 Å². The van der Waals surface area contributed by atoms with Crippen LogP contribution in [0.4, 0.5) is 4.79 Å². The van der Waals surface area contributed by atoms with Crippen LogP contribution in [0.3, 0.4) is 0 Å². The van der Waals surface area contributed by atoms with Crippen LogP contribution in [0.25, 0.3) is 0 Å². The molecule has 1 fully saturated rings. The molecule has 0 saturated heterocycles. The van der Waals surface area contributed by atoms with Crippen LogP contribution in [-0.4, -0.2) is 40.4 Å². The minimum Gasteiger partial charge on any atom is -0.479 e. The zero-order valence-electron chi connectivity index (χ0n) is 11.6. The number of hydrogen-bond donors (Lipinski definition) is 4. The summed E-state index contributed by atoms with van der Waals surface area (Å²) < 4.78 is 0. The molecule has 1 rings (SSSR count). The second kappa shape index (κ2) is 6.75. The molecule has 110 valence electrons. The first-order valence-electron chi connectivity index (χ1n) is 6.83. The molecule has 1 aliphatic carbocycles. The van der Waals surface area contributed by atoms with Gasteiger partial charge in [-0.2, -0.15) is 0 Å². The number of hydrogen-bond acceptors (Lipinski definition) is 3. The van der Waals surface area contributed by atoms with Crippen molar-refractivity contribution < 1.29 is 19.8 Å². The van der Waals surface area contributed by atoms with Gasteiger partial charge < -0.3 is 20.8 Å². The summed E-state index contributed by atoms with van der Waals surface area (Å²) in [6.07, 6.45) is 5.90. The van der Waals surface area contributed by atoms with Crippen molar-refractivity contribution in [3.05, 3.63) is 0 Å². The highest BCUT2D eigenvalue weighted by Crippen LogP contribution is 2.26. The molecular weight excluding hydrogens is 248 g/mol. The van der Waals surface area contributed by atoms with Gasteiger partial charge in [-0.3, -0.25) is 0 Å². The van der Waals surface area contributed by atoms with Crippen molar-refractivity contribution in [3.8, 4) is 0 Å². The molecule has 2 amide bonds. The van der Waals surface area contributed by atoms with Crippen molar-refractivity contribution in [1.29, 1.82) is 0 Å². The molecule has 2 unspecified atom stereocenters. The summed E-state index contributed by atoms with van der Waals surface area (Å²) in [6, 6.07) is -0.366. The number of aliphatic carboxylic acids is 1. The van der Waals surface area contributed by atoms with E-state index < -0.39 is 17.6 Å². The fourth-order valence-corrected chi connectivity index (χ4v) is 2.34. The summed E-state index contributed by atoms with van der Waals surface area (Å²) in [6.45, 7) is 2.80. The van der Waals surface area contributed by atoms with E-state index in [-0.39, 0.29) is 12.6 Å². The monoisotopic (exact) mass is 272 g/mol. The molecule has 4 N–H and O–H groups in total. The average molecular weight is 272 g/mol. The lowest BCUT2D eigenvalue weighted by Gasteiger charge is -2.28. The van der Waals surface area contributed by atoms with Gasteiger partial charge in [0.25, 0.3) is 0 Å². The first-order chi connectivity index (χ1) is 8.83. The largest absolute Gasteiger partial charge is 0.479 e. The van der Waals surface area contributed by atoms with E-state index >= 15 is 0 Å². The Morgan fingerprint density at radius 2 is 1.89 bits per heavy atom. The highest BCUT2D eigenvalue weighted by Gasteiger charge is 2.30. The minimum atomic E-state index is -1.94. The van der Waals surface area contributed by atoms with Gasteiger partial charge in [-0.1, -0.05) is 19.3 Å². The van der Waals surface area contributed by atoms with Gasteiger partial charge in [-0.05, 0) is 32.6 Å². The van der Waals surface area contributed by atoms with Gasteiger partial charge in [-0.25, -0.2) is 9.59 Å². The van der Waals surface area contributed by atoms with Gasteiger partial charge in [0, 0.05) is 6.04 Å². The van der Waals surface area contributed by atoms with Crippen LogP contribution in [0.2, 0.25) is 0 Å². The zero-order chi connectivity index (χ0) is 14.5. The fourth-order valence-electron chi connectivity index (χ4n) is 2.34. The highest BCUT2D eigenvalue weighted by molar-refractivity contribution is 5.79. The molecule has 0 aliphatic heterocycles. The predicted molar refractivity (Wildman–Crippen MR) is 70.8 cm³/mol.